The first-order valence-electron chi connectivity index (χ1n) is 10.7. The van der Waals surface area contributed by atoms with Gasteiger partial charge < -0.3 is 39.4 Å². The summed E-state index contributed by atoms with van der Waals surface area (Å²) in [4.78, 5) is 11.8. The van der Waals surface area contributed by atoms with Gasteiger partial charge in [-0.3, -0.25) is 4.79 Å². The summed E-state index contributed by atoms with van der Waals surface area (Å²) in [5.41, 5.74) is 0.950. The van der Waals surface area contributed by atoms with Crippen molar-refractivity contribution in [2.75, 3.05) is 27.9 Å². The second-order valence-electron chi connectivity index (χ2n) is 7.75. The lowest BCUT2D eigenvalue weighted by Crippen LogP contribution is -2.30. The standard InChI is InChI=1S/C26H28O9/c1-14(28)15-5-8-21(23(9-15)34-4)35-24(13-27)25(26-18(30)11-17(29)12-19(26)31)16-6-7-20(32-2)22(10-16)33-3/h5-12,24-25,27,29-31H,13H2,1-4H3. The Morgan fingerprint density at radius 1 is 0.800 bits per heavy atom. The highest BCUT2D eigenvalue weighted by atomic mass is 16.5. The molecule has 0 spiro atoms. The third kappa shape index (κ3) is 5.36. The first-order valence-corrected chi connectivity index (χ1v) is 10.7. The van der Waals surface area contributed by atoms with Gasteiger partial charge >= 0.3 is 0 Å². The van der Waals surface area contributed by atoms with Crippen molar-refractivity contribution in [2.45, 2.75) is 18.9 Å². The van der Waals surface area contributed by atoms with Crippen LogP contribution in [-0.4, -0.2) is 60.2 Å². The number of ether oxygens (including phenoxy) is 4. The van der Waals surface area contributed by atoms with Crippen LogP contribution in [0.4, 0.5) is 0 Å². The number of carbonyl (C=O) groups is 1. The summed E-state index contributed by atoms with van der Waals surface area (Å²) in [6, 6.07) is 11.8. The summed E-state index contributed by atoms with van der Waals surface area (Å²) >= 11 is 0. The van der Waals surface area contributed by atoms with Crippen LogP contribution in [0.1, 0.15) is 34.3 Å². The van der Waals surface area contributed by atoms with E-state index in [9.17, 15) is 25.2 Å². The SMILES string of the molecule is COc1ccc(C(c2c(O)cc(O)cc2O)C(CO)Oc2ccc(C(C)=O)cc2OC)cc1OC. The zero-order valence-corrected chi connectivity index (χ0v) is 19.8. The lowest BCUT2D eigenvalue weighted by atomic mass is 9.85. The van der Waals surface area contributed by atoms with Crippen LogP contribution in [0.5, 0.6) is 40.2 Å². The van der Waals surface area contributed by atoms with E-state index in [1.54, 1.807) is 30.3 Å². The first-order chi connectivity index (χ1) is 16.7. The number of aliphatic hydroxyl groups is 1. The maximum atomic E-state index is 11.8. The highest BCUT2D eigenvalue weighted by Crippen LogP contribution is 2.45. The summed E-state index contributed by atoms with van der Waals surface area (Å²) in [6.45, 7) is 0.895. The van der Waals surface area contributed by atoms with Gasteiger partial charge in [0.25, 0.3) is 0 Å². The lowest BCUT2D eigenvalue weighted by molar-refractivity contribution is 0.0976. The molecule has 0 radical (unpaired) electrons. The van der Waals surface area contributed by atoms with E-state index in [-0.39, 0.29) is 28.6 Å². The fraction of sp³-hybridized carbons (Fsp3) is 0.269. The summed E-state index contributed by atoms with van der Waals surface area (Å²) in [6.07, 6.45) is -1.05. The van der Waals surface area contributed by atoms with Gasteiger partial charge in [-0.25, -0.2) is 0 Å². The van der Waals surface area contributed by atoms with E-state index in [0.29, 0.717) is 22.6 Å². The number of methoxy groups -OCH3 is 3. The molecule has 0 saturated carbocycles. The van der Waals surface area contributed by atoms with Gasteiger partial charge in [-0.15, -0.1) is 0 Å². The van der Waals surface area contributed by atoms with Crippen molar-refractivity contribution in [3.8, 4) is 40.2 Å². The van der Waals surface area contributed by atoms with Crippen molar-refractivity contribution in [1.29, 1.82) is 0 Å². The van der Waals surface area contributed by atoms with Gasteiger partial charge in [0.05, 0.1) is 33.9 Å². The molecule has 3 aromatic rings. The zero-order valence-electron chi connectivity index (χ0n) is 19.8. The van der Waals surface area contributed by atoms with Crippen molar-refractivity contribution in [1.82, 2.24) is 0 Å². The summed E-state index contributed by atoms with van der Waals surface area (Å²) in [7, 11) is 4.38. The maximum Gasteiger partial charge on any atom is 0.161 e. The molecule has 3 rings (SSSR count). The van der Waals surface area contributed by atoms with E-state index >= 15 is 0 Å². The molecule has 0 saturated heterocycles. The third-order valence-electron chi connectivity index (χ3n) is 5.60. The molecule has 0 aromatic heterocycles. The van der Waals surface area contributed by atoms with E-state index in [1.165, 1.54) is 34.3 Å². The maximum absolute atomic E-state index is 11.8. The molecular weight excluding hydrogens is 456 g/mol. The van der Waals surface area contributed by atoms with Gasteiger partial charge in [-0.1, -0.05) is 6.07 Å². The molecule has 0 aliphatic heterocycles. The number of hydrogen-bond acceptors (Lipinski definition) is 9. The van der Waals surface area contributed by atoms with Crippen LogP contribution in [0, 0.1) is 0 Å². The largest absolute Gasteiger partial charge is 0.508 e. The van der Waals surface area contributed by atoms with E-state index < -0.39 is 30.1 Å². The molecule has 0 aliphatic rings. The molecule has 2 atom stereocenters. The number of hydrogen-bond donors (Lipinski definition) is 4. The topological polar surface area (TPSA) is 135 Å². The number of Topliss-reactive ketones (excluding diaryl/α,β-unsaturated/α-hetero) is 1. The number of phenolic OH excluding ortho intramolecular Hbond substituents is 3. The summed E-state index contributed by atoms with van der Waals surface area (Å²) in [5.74, 6) is -0.886. The molecule has 0 heterocycles. The van der Waals surface area contributed by atoms with Gasteiger partial charge in [0.1, 0.15) is 23.4 Å². The van der Waals surface area contributed by atoms with Crippen LogP contribution in [0.3, 0.4) is 0 Å². The Morgan fingerprint density at radius 3 is 1.91 bits per heavy atom. The normalized spacial score (nSPS) is 12.5. The second kappa shape index (κ2) is 10.9. The Morgan fingerprint density at radius 2 is 1.37 bits per heavy atom. The van der Waals surface area contributed by atoms with Crippen molar-refractivity contribution >= 4 is 5.78 Å². The second-order valence-corrected chi connectivity index (χ2v) is 7.75. The zero-order chi connectivity index (χ0) is 25.7. The molecule has 0 fully saturated rings. The van der Waals surface area contributed by atoms with Gasteiger partial charge in [0.2, 0.25) is 0 Å². The van der Waals surface area contributed by atoms with Gasteiger partial charge in [0, 0.05) is 23.3 Å². The number of phenols is 3. The summed E-state index contributed by atoms with van der Waals surface area (Å²) in [5, 5.41) is 41.5. The summed E-state index contributed by atoms with van der Waals surface area (Å²) < 4.78 is 22.2. The highest BCUT2D eigenvalue weighted by Gasteiger charge is 2.33. The van der Waals surface area contributed by atoms with E-state index in [2.05, 4.69) is 0 Å². The van der Waals surface area contributed by atoms with Crippen LogP contribution < -0.4 is 18.9 Å². The number of rotatable bonds is 10. The monoisotopic (exact) mass is 484 g/mol. The number of aromatic hydroxyl groups is 3. The number of carbonyl (C=O) groups excluding carboxylic acids is 1. The molecule has 9 nitrogen and oxygen atoms in total. The molecule has 35 heavy (non-hydrogen) atoms. The molecule has 2 unspecified atom stereocenters. The van der Waals surface area contributed by atoms with Crippen molar-refractivity contribution in [3.05, 3.63) is 65.2 Å². The minimum atomic E-state index is -1.05. The van der Waals surface area contributed by atoms with Gasteiger partial charge in [-0.2, -0.15) is 0 Å². The van der Waals surface area contributed by atoms with Crippen LogP contribution >= 0.6 is 0 Å². The molecule has 4 N–H and O–H groups in total. The third-order valence-corrected chi connectivity index (χ3v) is 5.60. The van der Waals surface area contributed by atoms with Crippen molar-refractivity contribution in [2.24, 2.45) is 0 Å². The van der Waals surface area contributed by atoms with Crippen molar-refractivity contribution < 1.29 is 44.2 Å². The van der Waals surface area contributed by atoms with Crippen molar-refractivity contribution in [3.63, 3.8) is 0 Å². The predicted octanol–water partition coefficient (Wildman–Crippen LogP) is 3.60. The fourth-order valence-corrected chi connectivity index (χ4v) is 3.90. The minimum Gasteiger partial charge on any atom is -0.508 e. The molecule has 9 heteroatoms. The van der Waals surface area contributed by atoms with Crippen LogP contribution in [-0.2, 0) is 0 Å². The van der Waals surface area contributed by atoms with Crippen LogP contribution in [0.15, 0.2) is 48.5 Å². The molecular formula is C26H28O9. The fourth-order valence-electron chi connectivity index (χ4n) is 3.90. The Labute approximate surface area is 202 Å². The molecule has 3 aromatic carbocycles. The average Bonchev–Trinajstić information content (AvgIpc) is 2.84. The Bertz CT molecular complexity index is 1180. The van der Waals surface area contributed by atoms with Crippen LogP contribution in [0.2, 0.25) is 0 Å². The molecule has 186 valence electrons. The van der Waals surface area contributed by atoms with E-state index in [1.807, 2.05) is 0 Å². The molecule has 0 bridgehead atoms. The highest BCUT2D eigenvalue weighted by molar-refractivity contribution is 5.94. The van der Waals surface area contributed by atoms with E-state index in [4.69, 9.17) is 18.9 Å². The Balaban J connectivity index is 2.17. The number of ketones is 1. The smallest absolute Gasteiger partial charge is 0.161 e. The van der Waals surface area contributed by atoms with Gasteiger partial charge in [-0.05, 0) is 42.8 Å². The first kappa shape index (κ1) is 25.5. The number of aliphatic hydroxyl groups excluding tert-OH is 1. The minimum absolute atomic E-state index is 0.0217. The molecule has 0 aliphatic carbocycles. The average molecular weight is 485 g/mol. The lowest BCUT2D eigenvalue weighted by Gasteiger charge is -2.29. The van der Waals surface area contributed by atoms with Crippen LogP contribution in [0.25, 0.3) is 0 Å². The van der Waals surface area contributed by atoms with E-state index in [0.717, 1.165) is 12.1 Å². The quantitative estimate of drug-likeness (QED) is 0.318. The number of benzene rings is 3. The Kier molecular flexibility index (Phi) is 7.93. The Hall–Kier alpha value is -4.11. The predicted molar refractivity (Wildman–Crippen MR) is 127 cm³/mol. The van der Waals surface area contributed by atoms with Gasteiger partial charge in [0.15, 0.2) is 28.8 Å². The molecule has 0 amide bonds.